The molecule has 0 spiro atoms. The number of carbonyl (C=O) groups is 1. The fraction of sp³-hybridized carbons (Fsp3) is 0.278. The van der Waals surface area contributed by atoms with Gasteiger partial charge in [-0.25, -0.2) is 0 Å². The van der Waals surface area contributed by atoms with E-state index in [2.05, 4.69) is 4.98 Å². The van der Waals surface area contributed by atoms with Gasteiger partial charge in [-0.15, -0.1) is 0 Å². The maximum absolute atomic E-state index is 12.9. The number of Topliss-reactive ketones (excluding diaryl/α,β-unsaturated/α-hetero) is 1. The molecule has 3 rings (SSSR count). The first kappa shape index (κ1) is 14.6. The number of H-pyrrole nitrogens is 1. The van der Waals surface area contributed by atoms with Crippen LogP contribution >= 0.6 is 0 Å². The molecule has 0 bridgehead atoms. The highest BCUT2D eigenvalue weighted by molar-refractivity contribution is 6.11. The Bertz CT molecular complexity index is 787. The summed E-state index contributed by atoms with van der Waals surface area (Å²) in [4.78, 5) is 18.2. The van der Waals surface area contributed by atoms with Crippen molar-refractivity contribution in [3.63, 3.8) is 0 Å². The summed E-state index contributed by atoms with van der Waals surface area (Å²) in [5.41, 5.74) is 2.71. The van der Waals surface area contributed by atoms with Crippen molar-refractivity contribution in [2.24, 2.45) is 0 Å². The Morgan fingerprint density at radius 2 is 2.05 bits per heavy atom. The van der Waals surface area contributed by atoms with Crippen LogP contribution in [0.2, 0.25) is 0 Å². The van der Waals surface area contributed by atoms with Crippen molar-refractivity contribution in [1.82, 2.24) is 9.88 Å². The molecule has 1 aromatic carbocycles. The van der Waals surface area contributed by atoms with E-state index < -0.39 is 0 Å². The van der Waals surface area contributed by atoms with Crippen molar-refractivity contribution in [3.8, 4) is 0 Å². The van der Waals surface area contributed by atoms with Crippen LogP contribution in [-0.2, 0) is 6.54 Å². The van der Waals surface area contributed by atoms with Gasteiger partial charge in [-0.05, 0) is 39.1 Å². The zero-order valence-corrected chi connectivity index (χ0v) is 13.1. The van der Waals surface area contributed by atoms with Gasteiger partial charge >= 0.3 is 0 Å². The van der Waals surface area contributed by atoms with Crippen LogP contribution in [0.25, 0.3) is 10.9 Å². The zero-order chi connectivity index (χ0) is 15.7. The molecule has 114 valence electrons. The lowest BCUT2D eigenvalue weighted by Crippen LogP contribution is -2.35. The van der Waals surface area contributed by atoms with Crippen molar-refractivity contribution in [2.45, 2.75) is 26.4 Å². The van der Waals surface area contributed by atoms with Crippen molar-refractivity contribution in [3.05, 3.63) is 59.7 Å². The molecule has 2 aromatic heterocycles. The minimum Gasteiger partial charge on any atom is -0.468 e. The van der Waals surface area contributed by atoms with Crippen molar-refractivity contribution >= 4 is 16.7 Å². The summed E-state index contributed by atoms with van der Waals surface area (Å²) in [6.07, 6.45) is 1.65. The number of fused-ring (bicyclic) bond motifs is 1. The fourth-order valence-corrected chi connectivity index (χ4v) is 2.79. The van der Waals surface area contributed by atoms with Gasteiger partial charge in [0.1, 0.15) is 5.76 Å². The van der Waals surface area contributed by atoms with Gasteiger partial charge in [0, 0.05) is 22.2 Å². The van der Waals surface area contributed by atoms with Gasteiger partial charge in [-0.2, -0.15) is 0 Å². The molecule has 0 fully saturated rings. The lowest BCUT2D eigenvalue weighted by Gasteiger charge is -2.22. The summed E-state index contributed by atoms with van der Waals surface area (Å²) in [6.45, 7) is 4.50. The molecule has 4 heteroatoms. The Hall–Kier alpha value is -2.33. The van der Waals surface area contributed by atoms with Crippen LogP contribution in [0.15, 0.2) is 47.1 Å². The second-order valence-electron chi connectivity index (χ2n) is 5.71. The van der Waals surface area contributed by atoms with E-state index in [4.69, 9.17) is 4.42 Å². The van der Waals surface area contributed by atoms with E-state index in [1.807, 2.05) is 62.2 Å². The lowest BCUT2D eigenvalue weighted by molar-refractivity contribution is 0.0856. The van der Waals surface area contributed by atoms with Gasteiger partial charge < -0.3 is 9.40 Å². The Labute approximate surface area is 129 Å². The van der Waals surface area contributed by atoms with E-state index in [9.17, 15) is 4.79 Å². The number of likely N-dealkylation sites (N-methyl/N-ethyl adjacent to an activating group) is 1. The number of hydrogen-bond acceptors (Lipinski definition) is 3. The van der Waals surface area contributed by atoms with E-state index in [0.717, 1.165) is 27.9 Å². The summed E-state index contributed by atoms with van der Waals surface area (Å²) in [7, 11) is 1.94. The third-order valence-electron chi connectivity index (χ3n) is 4.17. The highest BCUT2D eigenvalue weighted by Crippen LogP contribution is 2.24. The van der Waals surface area contributed by atoms with Crippen LogP contribution in [0.5, 0.6) is 0 Å². The number of aromatic amines is 1. The average molecular weight is 296 g/mol. The second-order valence-corrected chi connectivity index (χ2v) is 5.71. The Morgan fingerprint density at radius 1 is 1.27 bits per heavy atom. The quantitative estimate of drug-likeness (QED) is 0.729. The number of para-hydroxylation sites is 1. The summed E-state index contributed by atoms with van der Waals surface area (Å²) < 4.78 is 5.36. The first-order valence-corrected chi connectivity index (χ1v) is 7.42. The van der Waals surface area contributed by atoms with Crippen molar-refractivity contribution in [1.29, 1.82) is 0 Å². The summed E-state index contributed by atoms with van der Waals surface area (Å²) in [5.74, 6) is 0.988. The molecule has 1 atom stereocenters. The molecule has 0 saturated heterocycles. The first-order chi connectivity index (χ1) is 10.6. The molecule has 22 heavy (non-hydrogen) atoms. The Balaban J connectivity index is 1.87. The van der Waals surface area contributed by atoms with E-state index >= 15 is 0 Å². The summed E-state index contributed by atoms with van der Waals surface area (Å²) >= 11 is 0. The maximum Gasteiger partial charge on any atom is 0.182 e. The van der Waals surface area contributed by atoms with Crippen LogP contribution < -0.4 is 0 Å². The normalized spacial score (nSPS) is 12.9. The average Bonchev–Trinajstić information content (AvgIpc) is 3.12. The minimum atomic E-state index is -0.219. The first-order valence-electron chi connectivity index (χ1n) is 7.42. The molecule has 0 aliphatic rings. The second kappa shape index (κ2) is 5.81. The van der Waals surface area contributed by atoms with E-state index in [1.165, 1.54) is 0 Å². The zero-order valence-electron chi connectivity index (χ0n) is 13.1. The number of benzene rings is 1. The van der Waals surface area contributed by atoms with Gasteiger partial charge in [0.2, 0.25) is 0 Å². The molecule has 0 aliphatic heterocycles. The molecule has 4 nitrogen and oxygen atoms in total. The molecule has 0 amide bonds. The van der Waals surface area contributed by atoms with Crippen LogP contribution in [0.1, 0.15) is 28.7 Å². The third-order valence-corrected chi connectivity index (χ3v) is 4.17. The van der Waals surface area contributed by atoms with Crippen LogP contribution in [-0.4, -0.2) is 28.8 Å². The highest BCUT2D eigenvalue weighted by atomic mass is 16.3. The molecule has 0 aliphatic carbocycles. The van der Waals surface area contributed by atoms with Gasteiger partial charge in [-0.1, -0.05) is 18.2 Å². The number of rotatable bonds is 5. The standard InChI is InChI=1S/C18H20N2O2/c1-12-17(15-8-4-5-9-16(15)19-12)18(21)13(2)20(3)11-14-7-6-10-22-14/h4-10,13,19H,11H2,1-3H3/t13-/m1/s1. The summed E-state index contributed by atoms with van der Waals surface area (Å²) in [6, 6.07) is 11.5. The van der Waals surface area contributed by atoms with Crippen LogP contribution in [0.4, 0.5) is 0 Å². The van der Waals surface area contributed by atoms with Crippen molar-refractivity contribution < 1.29 is 9.21 Å². The van der Waals surface area contributed by atoms with Crippen molar-refractivity contribution in [2.75, 3.05) is 7.05 Å². The van der Waals surface area contributed by atoms with E-state index in [0.29, 0.717) is 6.54 Å². The molecule has 0 radical (unpaired) electrons. The topological polar surface area (TPSA) is 49.2 Å². The third kappa shape index (κ3) is 2.57. The van der Waals surface area contributed by atoms with Crippen LogP contribution in [0, 0.1) is 6.92 Å². The molecule has 2 heterocycles. The van der Waals surface area contributed by atoms with Gasteiger partial charge in [0.15, 0.2) is 5.78 Å². The Morgan fingerprint density at radius 3 is 2.77 bits per heavy atom. The maximum atomic E-state index is 12.9. The molecule has 0 unspecified atom stereocenters. The molecule has 3 aromatic rings. The van der Waals surface area contributed by atoms with E-state index in [1.54, 1.807) is 6.26 Å². The molecular weight excluding hydrogens is 276 g/mol. The summed E-state index contributed by atoms with van der Waals surface area (Å²) in [5, 5.41) is 0.989. The highest BCUT2D eigenvalue weighted by Gasteiger charge is 2.24. The number of aromatic nitrogens is 1. The number of carbonyl (C=O) groups excluding carboxylic acids is 1. The number of hydrogen-bond donors (Lipinski definition) is 1. The monoisotopic (exact) mass is 296 g/mol. The number of nitrogens with one attached hydrogen (secondary N) is 1. The molecule has 1 N–H and O–H groups in total. The molecular formula is C18H20N2O2. The predicted octanol–water partition coefficient (Wildman–Crippen LogP) is 3.77. The fourth-order valence-electron chi connectivity index (χ4n) is 2.79. The van der Waals surface area contributed by atoms with E-state index in [-0.39, 0.29) is 11.8 Å². The Kier molecular flexibility index (Phi) is 3.86. The largest absolute Gasteiger partial charge is 0.468 e. The lowest BCUT2D eigenvalue weighted by atomic mass is 10.0. The number of ketones is 1. The number of aryl methyl sites for hydroxylation is 1. The minimum absolute atomic E-state index is 0.129. The van der Waals surface area contributed by atoms with Gasteiger partial charge in [0.05, 0.1) is 18.8 Å². The smallest absolute Gasteiger partial charge is 0.182 e. The number of furan rings is 1. The SMILES string of the molecule is Cc1[nH]c2ccccc2c1C(=O)[C@@H](C)N(C)Cc1ccco1. The van der Waals surface area contributed by atoms with Crippen LogP contribution in [0.3, 0.4) is 0 Å². The van der Waals surface area contributed by atoms with Gasteiger partial charge in [0.25, 0.3) is 0 Å². The molecule has 0 saturated carbocycles. The predicted molar refractivity (Wildman–Crippen MR) is 87.0 cm³/mol. The number of nitrogens with zero attached hydrogens (tertiary/aromatic N) is 1. The van der Waals surface area contributed by atoms with Gasteiger partial charge in [-0.3, -0.25) is 9.69 Å².